The van der Waals surface area contributed by atoms with Gasteiger partial charge in [0, 0.05) is 16.6 Å². The average molecular weight is 388 g/mol. The number of fused-ring (bicyclic) bond motifs is 1. The van der Waals surface area contributed by atoms with Crippen molar-refractivity contribution in [3.05, 3.63) is 82.3 Å². The molecule has 0 heterocycles. The first-order valence-corrected chi connectivity index (χ1v) is 7.95. The van der Waals surface area contributed by atoms with Crippen LogP contribution in [0, 0.1) is 11.6 Å². The van der Waals surface area contributed by atoms with E-state index in [1.165, 1.54) is 6.08 Å². The number of carbonyl (C=O) groups excluding carboxylic acids is 1. The van der Waals surface area contributed by atoms with Gasteiger partial charge in [-0.05, 0) is 44.4 Å². The van der Waals surface area contributed by atoms with E-state index < -0.39 is 17.5 Å². The highest BCUT2D eigenvalue weighted by atomic mass is 79.9. The number of amides is 1. The predicted octanol–water partition coefficient (Wildman–Crippen LogP) is 5.53. The Kier molecular flexibility index (Phi) is 4.71. The summed E-state index contributed by atoms with van der Waals surface area (Å²) < 4.78 is 26.9. The maximum absolute atomic E-state index is 13.7. The lowest BCUT2D eigenvalue weighted by molar-refractivity contribution is -0.111. The number of rotatable bonds is 3. The highest BCUT2D eigenvalue weighted by molar-refractivity contribution is 9.10. The summed E-state index contributed by atoms with van der Waals surface area (Å²) in [6.07, 6.45) is 2.98. The Morgan fingerprint density at radius 2 is 1.79 bits per heavy atom. The van der Waals surface area contributed by atoms with Crippen molar-refractivity contribution in [2.75, 3.05) is 5.32 Å². The molecule has 0 bridgehead atoms. The Labute approximate surface area is 145 Å². The van der Waals surface area contributed by atoms with Crippen molar-refractivity contribution in [2.45, 2.75) is 0 Å². The largest absolute Gasteiger partial charge is 0.319 e. The van der Waals surface area contributed by atoms with Gasteiger partial charge in [-0.2, -0.15) is 0 Å². The molecule has 0 unspecified atom stereocenters. The zero-order valence-corrected chi connectivity index (χ0v) is 14.0. The summed E-state index contributed by atoms with van der Waals surface area (Å²) >= 11 is 3.04. The van der Waals surface area contributed by atoms with E-state index in [1.54, 1.807) is 6.08 Å². The first kappa shape index (κ1) is 16.3. The summed E-state index contributed by atoms with van der Waals surface area (Å²) in [5, 5.41) is 4.48. The molecular formula is C19H12BrF2NO. The quantitative estimate of drug-likeness (QED) is 0.587. The van der Waals surface area contributed by atoms with Gasteiger partial charge in [-0.15, -0.1) is 0 Å². The van der Waals surface area contributed by atoms with Crippen LogP contribution in [0.25, 0.3) is 16.8 Å². The summed E-state index contributed by atoms with van der Waals surface area (Å²) in [4.78, 5) is 12.0. The Balaban J connectivity index is 1.83. The van der Waals surface area contributed by atoms with Gasteiger partial charge in [0.2, 0.25) is 5.91 Å². The lowest BCUT2D eigenvalue weighted by Gasteiger charge is -2.07. The second kappa shape index (κ2) is 6.93. The van der Waals surface area contributed by atoms with E-state index in [4.69, 9.17) is 0 Å². The molecule has 0 saturated carbocycles. The van der Waals surface area contributed by atoms with Crippen LogP contribution in [0.4, 0.5) is 14.5 Å². The van der Waals surface area contributed by atoms with Crippen LogP contribution in [0.3, 0.4) is 0 Å². The number of carbonyl (C=O) groups is 1. The Morgan fingerprint density at radius 3 is 2.58 bits per heavy atom. The topological polar surface area (TPSA) is 29.1 Å². The minimum absolute atomic E-state index is 0.0935. The molecule has 3 rings (SSSR count). The lowest BCUT2D eigenvalue weighted by Crippen LogP contribution is -2.10. The van der Waals surface area contributed by atoms with Gasteiger partial charge in [-0.1, -0.05) is 42.5 Å². The molecule has 0 aliphatic rings. The fourth-order valence-electron chi connectivity index (χ4n) is 2.39. The zero-order valence-electron chi connectivity index (χ0n) is 12.4. The van der Waals surface area contributed by atoms with Gasteiger partial charge < -0.3 is 5.32 Å². The highest BCUT2D eigenvalue weighted by Gasteiger charge is 2.11. The minimum Gasteiger partial charge on any atom is -0.319 e. The Hall–Kier alpha value is -2.53. The molecule has 0 fully saturated rings. The molecule has 3 aromatic carbocycles. The summed E-state index contributed by atoms with van der Waals surface area (Å²) in [5.41, 5.74) is 0.783. The smallest absolute Gasteiger partial charge is 0.248 e. The average Bonchev–Trinajstić information content (AvgIpc) is 2.56. The molecule has 5 heteroatoms. The second-order valence-electron chi connectivity index (χ2n) is 5.14. The van der Waals surface area contributed by atoms with Crippen LogP contribution >= 0.6 is 15.9 Å². The SMILES string of the molecule is O=C(/C=C/c1cccc2ccccc12)Nc1c(F)cc(F)cc1Br. The monoisotopic (exact) mass is 387 g/mol. The second-order valence-corrected chi connectivity index (χ2v) is 5.99. The molecule has 1 N–H and O–H groups in total. The normalized spacial score (nSPS) is 11.1. The molecular weight excluding hydrogens is 376 g/mol. The minimum atomic E-state index is -0.839. The first-order valence-electron chi connectivity index (χ1n) is 7.16. The fraction of sp³-hybridized carbons (Fsp3) is 0. The van der Waals surface area contributed by atoms with Crippen LogP contribution < -0.4 is 5.32 Å². The van der Waals surface area contributed by atoms with Crippen LogP contribution in [0.15, 0.2) is 65.1 Å². The van der Waals surface area contributed by atoms with Crippen molar-refractivity contribution in [3.8, 4) is 0 Å². The lowest BCUT2D eigenvalue weighted by atomic mass is 10.0. The van der Waals surface area contributed by atoms with Crippen molar-refractivity contribution in [3.63, 3.8) is 0 Å². The van der Waals surface area contributed by atoms with E-state index in [-0.39, 0.29) is 10.2 Å². The number of nitrogens with one attached hydrogen (secondary N) is 1. The molecule has 0 aromatic heterocycles. The van der Waals surface area contributed by atoms with E-state index in [2.05, 4.69) is 21.2 Å². The fourth-order valence-corrected chi connectivity index (χ4v) is 2.89. The van der Waals surface area contributed by atoms with Crippen molar-refractivity contribution >= 4 is 44.4 Å². The van der Waals surface area contributed by atoms with E-state index in [0.717, 1.165) is 28.5 Å². The molecule has 3 aromatic rings. The van der Waals surface area contributed by atoms with Crippen LogP contribution in [-0.2, 0) is 4.79 Å². The van der Waals surface area contributed by atoms with Crippen LogP contribution in [0.5, 0.6) is 0 Å². The van der Waals surface area contributed by atoms with Gasteiger partial charge in [0.15, 0.2) is 5.82 Å². The van der Waals surface area contributed by atoms with Crippen molar-refractivity contribution < 1.29 is 13.6 Å². The van der Waals surface area contributed by atoms with Crippen molar-refractivity contribution in [2.24, 2.45) is 0 Å². The predicted molar refractivity (Wildman–Crippen MR) is 95.7 cm³/mol. The van der Waals surface area contributed by atoms with Crippen LogP contribution in [0.1, 0.15) is 5.56 Å². The molecule has 24 heavy (non-hydrogen) atoms. The molecule has 0 radical (unpaired) electrons. The maximum Gasteiger partial charge on any atom is 0.248 e. The molecule has 2 nitrogen and oxygen atoms in total. The standard InChI is InChI=1S/C19H12BrF2NO/c20-16-10-14(21)11-17(22)19(16)23-18(24)9-8-13-6-3-5-12-4-1-2-7-15(12)13/h1-11H,(H,23,24)/b9-8+. The molecule has 0 saturated heterocycles. The molecule has 120 valence electrons. The van der Waals surface area contributed by atoms with E-state index in [1.807, 2.05) is 42.5 Å². The number of hydrogen-bond acceptors (Lipinski definition) is 1. The maximum atomic E-state index is 13.7. The van der Waals surface area contributed by atoms with E-state index >= 15 is 0 Å². The molecule has 0 atom stereocenters. The van der Waals surface area contributed by atoms with Crippen LogP contribution in [-0.4, -0.2) is 5.91 Å². The van der Waals surface area contributed by atoms with Crippen molar-refractivity contribution in [1.29, 1.82) is 0 Å². The summed E-state index contributed by atoms with van der Waals surface area (Å²) in [7, 11) is 0. The number of anilines is 1. The summed E-state index contributed by atoms with van der Waals surface area (Å²) in [5.74, 6) is -2.06. The molecule has 0 aliphatic carbocycles. The van der Waals surface area contributed by atoms with Gasteiger partial charge in [-0.25, -0.2) is 8.78 Å². The van der Waals surface area contributed by atoms with E-state index in [9.17, 15) is 13.6 Å². The molecule has 0 spiro atoms. The highest BCUT2D eigenvalue weighted by Crippen LogP contribution is 2.27. The number of benzene rings is 3. The van der Waals surface area contributed by atoms with Gasteiger partial charge in [0.05, 0.1) is 5.69 Å². The number of halogens is 3. The first-order chi connectivity index (χ1) is 11.5. The Morgan fingerprint density at radius 1 is 1.04 bits per heavy atom. The molecule has 1 amide bonds. The summed E-state index contributed by atoms with van der Waals surface area (Å²) in [6, 6.07) is 15.4. The van der Waals surface area contributed by atoms with Gasteiger partial charge in [0.25, 0.3) is 0 Å². The zero-order chi connectivity index (χ0) is 17.1. The van der Waals surface area contributed by atoms with E-state index in [0.29, 0.717) is 0 Å². The van der Waals surface area contributed by atoms with Gasteiger partial charge in [0.1, 0.15) is 5.82 Å². The number of hydrogen-bond donors (Lipinski definition) is 1. The van der Waals surface area contributed by atoms with Gasteiger partial charge in [-0.3, -0.25) is 4.79 Å². The molecule has 0 aliphatic heterocycles. The van der Waals surface area contributed by atoms with Crippen LogP contribution in [0.2, 0.25) is 0 Å². The third-order valence-electron chi connectivity index (χ3n) is 3.49. The Bertz CT molecular complexity index is 925. The summed E-state index contributed by atoms with van der Waals surface area (Å²) in [6.45, 7) is 0. The third kappa shape index (κ3) is 3.51. The van der Waals surface area contributed by atoms with Crippen molar-refractivity contribution in [1.82, 2.24) is 0 Å². The van der Waals surface area contributed by atoms with Gasteiger partial charge >= 0.3 is 0 Å². The third-order valence-corrected chi connectivity index (χ3v) is 4.12.